The van der Waals surface area contributed by atoms with Crippen LogP contribution in [0.4, 0.5) is 0 Å². The Balaban J connectivity index is 3.67. The van der Waals surface area contributed by atoms with Crippen LogP contribution < -0.4 is 5.32 Å². The molecule has 1 unspecified atom stereocenters. The summed E-state index contributed by atoms with van der Waals surface area (Å²) in [5.41, 5.74) is 0.278. The average Bonchev–Trinajstić information content (AvgIpc) is 2.09. The maximum absolute atomic E-state index is 11.5. The molecule has 0 saturated heterocycles. The van der Waals surface area contributed by atoms with Crippen molar-refractivity contribution in [3.8, 4) is 6.07 Å². The first-order chi connectivity index (χ1) is 7.35. The number of carbonyl (C=O) groups is 1. The number of hydrogen-bond acceptors (Lipinski definition) is 2. The van der Waals surface area contributed by atoms with Crippen LogP contribution in [0, 0.1) is 22.7 Å². The Morgan fingerprint density at radius 2 is 2.06 bits per heavy atom. The number of unbranched alkanes of at least 4 members (excludes halogenated alkanes) is 1. The Hall–Kier alpha value is -1.04. The third-order valence-corrected chi connectivity index (χ3v) is 2.28. The summed E-state index contributed by atoms with van der Waals surface area (Å²) in [4.78, 5) is 11.5. The van der Waals surface area contributed by atoms with E-state index in [9.17, 15) is 4.79 Å². The lowest BCUT2D eigenvalue weighted by molar-refractivity contribution is -0.122. The zero-order valence-corrected chi connectivity index (χ0v) is 11.0. The van der Waals surface area contributed by atoms with Gasteiger partial charge in [0.1, 0.15) is 0 Å². The molecule has 1 N–H and O–H groups in total. The summed E-state index contributed by atoms with van der Waals surface area (Å²) < 4.78 is 0. The number of rotatable bonds is 6. The fourth-order valence-electron chi connectivity index (χ4n) is 1.90. The summed E-state index contributed by atoms with van der Waals surface area (Å²) in [6.07, 6.45) is 2.90. The van der Waals surface area contributed by atoms with E-state index in [0.29, 0.717) is 25.3 Å². The van der Waals surface area contributed by atoms with Gasteiger partial charge in [0, 0.05) is 19.4 Å². The van der Waals surface area contributed by atoms with Crippen molar-refractivity contribution >= 4 is 5.91 Å². The second kappa shape index (κ2) is 7.27. The molecule has 0 radical (unpaired) electrons. The summed E-state index contributed by atoms with van der Waals surface area (Å²) in [5.74, 6) is 0.519. The van der Waals surface area contributed by atoms with Gasteiger partial charge in [-0.25, -0.2) is 0 Å². The molecule has 0 aromatic heterocycles. The number of carbonyl (C=O) groups excluding carboxylic acids is 1. The highest BCUT2D eigenvalue weighted by atomic mass is 16.1. The van der Waals surface area contributed by atoms with Crippen LogP contribution in [0.25, 0.3) is 0 Å². The molecule has 1 amide bonds. The van der Waals surface area contributed by atoms with Gasteiger partial charge in [-0.1, -0.05) is 27.7 Å². The molecular formula is C13H24N2O. The smallest absolute Gasteiger partial charge is 0.220 e. The van der Waals surface area contributed by atoms with Gasteiger partial charge in [-0.3, -0.25) is 4.79 Å². The number of nitrogens with zero attached hydrogens (tertiary/aromatic N) is 1. The van der Waals surface area contributed by atoms with Crippen molar-refractivity contribution in [1.29, 1.82) is 5.26 Å². The van der Waals surface area contributed by atoms with E-state index in [1.807, 2.05) is 0 Å². The zero-order valence-electron chi connectivity index (χ0n) is 11.0. The second-order valence-electron chi connectivity index (χ2n) is 5.69. The maximum Gasteiger partial charge on any atom is 0.220 e. The minimum Gasteiger partial charge on any atom is -0.356 e. The molecule has 1 atom stereocenters. The van der Waals surface area contributed by atoms with Crippen LogP contribution in [0.5, 0.6) is 0 Å². The summed E-state index contributed by atoms with van der Waals surface area (Å²) >= 11 is 0. The van der Waals surface area contributed by atoms with Crippen molar-refractivity contribution in [3.63, 3.8) is 0 Å². The standard InChI is InChI=1S/C13H24N2O/c1-11(10-13(2,3)4)9-12(16)15-8-6-5-7-14/h11H,5-6,8-10H2,1-4H3,(H,15,16). The van der Waals surface area contributed by atoms with Gasteiger partial charge >= 0.3 is 0 Å². The highest BCUT2D eigenvalue weighted by Gasteiger charge is 2.17. The molecule has 0 aliphatic carbocycles. The van der Waals surface area contributed by atoms with Crippen LogP contribution in [0.2, 0.25) is 0 Å². The molecule has 0 heterocycles. The highest BCUT2D eigenvalue weighted by molar-refractivity contribution is 5.76. The largest absolute Gasteiger partial charge is 0.356 e. The van der Waals surface area contributed by atoms with E-state index in [1.54, 1.807) is 0 Å². The van der Waals surface area contributed by atoms with Crippen LogP contribution >= 0.6 is 0 Å². The Kier molecular flexibility index (Phi) is 6.80. The highest BCUT2D eigenvalue weighted by Crippen LogP contribution is 2.25. The van der Waals surface area contributed by atoms with Crippen LogP contribution in [0.3, 0.4) is 0 Å². The Morgan fingerprint density at radius 1 is 1.44 bits per heavy atom. The Bertz CT molecular complexity index is 248. The minimum atomic E-state index is 0.106. The topological polar surface area (TPSA) is 52.9 Å². The molecule has 0 aliphatic rings. The van der Waals surface area contributed by atoms with Crippen LogP contribution in [-0.4, -0.2) is 12.5 Å². The van der Waals surface area contributed by atoms with Gasteiger partial charge in [0.05, 0.1) is 6.07 Å². The third kappa shape index (κ3) is 9.51. The fraction of sp³-hybridized carbons (Fsp3) is 0.846. The molecule has 0 bridgehead atoms. The van der Waals surface area contributed by atoms with Crippen molar-refractivity contribution in [3.05, 3.63) is 0 Å². The first kappa shape index (κ1) is 15.0. The van der Waals surface area contributed by atoms with Gasteiger partial charge in [0.25, 0.3) is 0 Å². The van der Waals surface area contributed by atoms with E-state index >= 15 is 0 Å². The predicted molar refractivity (Wildman–Crippen MR) is 65.7 cm³/mol. The molecule has 0 aromatic carbocycles. The molecule has 92 valence electrons. The number of nitriles is 1. The minimum absolute atomic E-state index is 0.106. The van der Waals surface area contributed by atoms with Crippen molar-refractivity contribution in [2.24, 2.45) is 11.3 Å². The number of hydrogen-bond donors (Lipinski definition) is 1. The lowest BCUT2D eigenvalue weighted by Gasteiger charge is -2.22. The SMILES string of the molecule is CC(CC(=O)NCCCC#N)CC(C)(C)C. The van der Waals surface area contributed by atoms with E-state index in [-0.39, 0.29) is 11.3 Å². The van der Waals surface area contributed by atoms with Crippen LogP contribution in [-0.2, 0) is 4.79 Å². The lowest BCUT2D eigenvalue weighted by Crippen LogP contribution is -2.27. The summed E-state index contributed by atoms with van der Waals surface area (Å²) in [6.45, 7) is 9.30. The third-order valence-electron chi connectivity index (χ3n) is 2.28. The normalized spacial score (nSPS) is 12.9. The van der Waals surface area contributed by atoms with E-state index in [1.165, 1.54) is 0 Å². The van der Waals surface area contributed by atoms with E-state index in [2.05, 4.69) is 39.1 Å². The monoisotopic (exact) mass is 224 g/mol. The molecule has 16 heavy (non-hydrogen) atoms. The second-order valence-corrected chi connectivity index (χ2v) is 5.69. The van der Waals surface area contributed by atoms with E-state index < -0.39 is 0 Å². The first-order valence-corrected chi connectivity index (χ1v) is 5.99. The quantitative estimate of drug-likeness (QED) is 0.705. The molecule has 0 fully saturated rings. The van der Waals surface area contributed by atoms with Gasteiger partial charge < -0.3 is 5.32 Å². The summed E-state index contributed by atoms with van der Waals surface area (Å²) in [7, 11) is 0. The fourth-order valence-corrected chi connectivity index (χ4v) is 1.90. The summed E-state index contributed by atoms with van der Waals surface area (Å²) in [5, 5.41) is 11.2. The van der Waals surface area contributed by atoms with Crippen molar-refractivity contribution in [2.45, 2.75) is 53.4 Å². The molecule has 0 aromatic rings. The van der Waals surface area contributed by atoms with Gasteiger partial charge in [-0.2, -0.15) is 5.26 Å². The van der Waals surface area contributed by atoms with Gasteiger partial charge in [0.2, 0.25) is 5.91 Å². The molecule has 0 saturated carbocycles. The van der Waals surface area contributed by atoms with E-state index in [0.717, 1.165) is 12.8 Å². The molecule has 0 rings (SSSR count). The number of amides is 1. The molecule has 0 aliphatic heterocycles. The maximum atomic E-state index is 11.5. The predicted octanol–water partition coefficient (Wildman–Crippen LogP) is 2.87. The average molecular weight is 224 g/mol. The Labute approximate surface area is 99.2 Å². The van der Waals surface area contributed by atoms with E-state index in [4.69, 9.17) is 5.26 Å². The first-order valence-electron chi connectivity index (χ1n) is 5.99. The van der Waals surface area contributed by atoms with Crippen molar-refractivity contribution in [1.82, 2.24) is 5.32 Å². The summed E-state index contributed by atoms with van der Waals surface area (Å²) in [6, 6.07) is 2.06. The van der Waals surface area contributed by atoms with Crippen LogP contribution in [0.15, 0.2) is 0 Å². The molecule has 3 nitrogen and oxygen atoms in total. The van der Waals surface area contributed by atoms with Gasteiger partial charge in [0.15, 0.2) is 0 Å². The van der Waals surface area contributed by atoms with Crippen molar-refractivity contribution < 1.29 is 4.79 Å². The number of nitrogens with one attached hydrogen (secondary N) is 1. The molecular weight excluding hydrogens is 200 g/mol. The van der Waals surface area contributed by atoms with Gasteiger partial charge in [-0.15, -0.1) is 0 Å². The Morgan fingerprint density at radius 3 is 2.56 bits per heavy atom. The van der Waals surface area contributed by atoms with Crippen molar-refractivity contribution in [2.75, 3.05) is 6.54 Å². The van der Waals surface area contributed by atoms with Crippen LogP contribution in [0.1, 0.15) is 53.4 Å². The lowest BCUT2D eigenvalue weighted by atomic mass is 9.84. The molecule has 3 heteroatoms. The molecule has 0 spiro atoms. The zero-order chi connectivity index (χ0) is 12.6. The van der Waals surface area contributed by atoms with Gasteiger partial charge in [-0.05, 0) is 24.2 Å².